The van der Waals surface area contributed by atoms with Crippen LogP contribution in [0.25, 0.3) is 0 Å². The van der Waals surface area contributed by atoms with E-state index in [0.29, 0.717) is 16.3 Å². The Morgan fingerprint density at radius 3 is 2.84 bits per heavy atom. The number of halogens is 1. The number of hydrazone groups is 1. The number of methoxy groups -OCH3 is 1. The van der Waals surface area contributed by atoms with Gasteiger partial charge in [0.1, 0.15) is 5.75 Å². The van der Waals surface area contributed by atoms with Crippen molar-refractivity contribution >= 4 is 23.2 Å². The molecule has 4 nitrogen and oxygen atoms in total. The first-order chi connectivity index (χ1) is 9.08. The summed E-state index contributed by atoms with van der Waals surface area (Å²) in [6, 6.07) is 4.89. The standard InChI is InChI=1S/C14H19ClN2O2/c1-4-5-6-10(2)16-17-14(18)12-9-11(15)7-8-13(12)19-3/h7-9H,4-6H2,1-3H3,(H,17,18). The third kappa shape index (κ3) is 4.91. The maximum atomic E-state index is 12.0. The minimum absolute atomic E-state index is 0.324. The minimum Gasteiger partial charge on any atom is -0.496 e. The SMILES string of the molecule is CCCCC(C)=NNC(=O)c1cc(Cl)ccc1OC. The Balaban J connectivity index is 2.75. The lowest BCUT2D eigenvalue weighted by Crippen LogP contribution is -2.19. The van der Waals surface area contributed by atoms with Crippen molar-refractivity contribution in [3.05, 3.63) is 28.8 Å². The van der Waals surface area contributed by atoms with Gasteiger partial charge in [0.15, 0.2) is 0 Å². The number of ether oxygens (including phenoxy) is 1. The zero-order valence-electron chi connectivity index (χ0n) is 11.5. The number of hydrogen-bond acceptors (Lipinski definition) is 3. The molecule has 0 bridgehead atoms. The summed E-state index contributed by atoms with van der Waals surface area (Å²) in [4.78, 5) is 12.0. The quantitative estimate of drug-likeness (QED) is 0.640. The van der Waals surface area contributed by atoms with Gasteiger partial charge in [-0.15, -0.1) is 0 Å². The summed E-state index contributed by atoms with van der Waals surface area (Å²) in [5, 5.41) is 4.55. The number of unbranched alkanes of at least 4 members (excludes halogenated alkanes) is 1. The Bertz CT molecular complexity index is 473. The molecule has 0 aliphatic heterocycles. The smallest absolute Gasteiger partial charge is 0.275 e. The van der Waals surface area contributed by atoms with Gasteiger partial charge in [0, 0.05) is 10.7 Å². The van der Waals surface area contributed by atoms with Gasteiger partial charge in [0.2, 0.25) is 0 Å². The number of amides is 1. The molecule has 0 atom stereocenters. The van der Waals surface area contributed by atoms with Crippen LogP contribution >= 0.6 is 11.6 Å². The molecular weight excluding hydrogens is 264 g/mol. The molecule has 19 heavy (non-hydrogen) atoms. The molecule has 0 aliphatic carbocycles. The first-order valence-electron chi connectivity index (χ1n) is 6.25. The van der Waals surface area contributed by atoms with Crippen LogP contribution in [0.15, 0.2) is 23.3 Å². The highest BCUT2D eigenvalue weighted by atomic mass is 35.5. The first-order valence-corrected chi connectivity index (χ1v) is 6.63. The molecule has 1 rings (SSSR count). The fraction of sp³-hybridized carbons (Fsp3) is 0.429. The average Bonchev–Trinajstić information content (AvgIpc) is 2.42. The molecule has 0 unspecified atom stereocenters. The number of benzene rings is 1. The minimum atomic E-state index is -0.324. The topological polar surface area (TPSA) is 50.7 Å². The highest BCUT2D eigenvalue weighted by Crippen LogP contribution is 2.22. The Hall–Kier alpha value is -1.55. The molecule has 0 aromatic heterocycles. The normalized spacial score (nSPS) is 11.3. The summed E-state index contributed by atoms with van der Waals surface area (Å²) < 4.78 is 5.13. The Morgan fingerprint density at radius 1 is 1.47 bits per heavy atom. The van der Waals surface area contributed by atoms with E-state index in [2.05, 4.69) is 17.5 Å². The predicted octanol–water partition coefficient (Wildman–Crippen LogP) is 3.64. The molecule has 0 aliphatic rings. The summed E-state index contributed by atoms with van der Waals surface area (Å²) in [5.74, 6) is 0.151. The molecule has 1 aromatic carbocycles. The molecule has 0 saturated heterocycles. The summed E-state index contributed by atoms with van der Waals surface area (Å²) in [6.07, 6.45) is 3.04. The Kier molecular flexibility index (Phi) is 6.36. The van der Waals surface area contributed by atoms with Crippen molar-refractivity contribution in [1.82, 2.24) is 5.43 Å². The van der Waals surface area contributed by atoms with Gasteiger partial charge < -0.3 is 4.74 Å². The zero-order chi connectivity index (χ0) is 14.3. The summed E-state index contributed by atoms with van der Waals surface area (Å²) in [7, 11) is 1.51. The predicted molar refractivity (Wildman–Crippen MR) is 78.1 cm³/mol. The van der Waals surface area contributed by atoms with E-state index in [1.807, 2.05) is 6.92 Å². The first kappa shape index (κ1) is 15.5. The van der Waals surface area contributed by atoms with Crippen LogP contribution in [-0.2, 0) is 0 Å². The van der Waals surface area contributed by atoms with Crippen LogP contribution in [0.4, 0.5) is 0 Å². The molecule has 0 fully saturated rings. The van der Waals surface area contributed by atoms with Crippen molar-refractivity contribution in [3.63, 3.8) is 0 Å². The van der Waals surface area contributed by atoms with Crippen LogP contribution in [-0.4, -0.2) is 18.7 Å². The number of hydrogen-bond donors (Lipinski definition) is 1. The Morgan fingerprint density at radius 2 is 2.21 bits per heavy atom. The van der Waals surface area contributed by atoms with E-state index < -0.39 is 0 Å². The van der Waals surface area contributed by atoms with Gasteiger partial charge in [0.25, 0.3) is 5.91 Å². The maximum Gasteiger partial charge on any atom is 0.275 e. The lowest BCUT2D eigenvalue weighted by atomic mass is 10.2. The highest BCUT2D eigenvalue weighted by Gasteiger charge is 2.12. The van der Waals surface area contributed by atoms with Gasteiger partial charge in [0.05, 0.1) is 12.7 Å². The molecule has 5 heteroatoms. The Labute approximate surface area is 118 Å². The number of carbonyl (C=O) groups is 1. The molecule has 1 N–H and O–H groups in total. The largest absolute Gasteiger partial charge is 0.496 e. The van der Waals surface area contributed by atoms with E-state index in [9.17, 15) is 4.79 Å². The van der Waals surface area contributed by atoms with Gasteiger partial charge in [-0.1, -0.05) is 24.9 Å². The van der Waals surface area contributed by atoms with Crippen molar-refractivity contribution < 1.29 is 9.53 Å². The third-order valence-corrected chi connectivity index (χ3v) is 2.88. The molecule has 0 radical (unpaired) electrons. The van der Waals surface area contributed by atoms with Crippen LogP contribution in [0.3, 0.4) is 0 Å². The molecule has 0 heterocycles. The molecule has 0 saturated carbocycles. The number of rotatable bonds is 6. The third-order valence-electron chi connectivity index (χ3n) is 2.65. The van der Waals surface area contributed by atoms with E-state index in [4.69, 9.17) is 16.3 Å². The van der Waals surface area contributed by atoms with Crippen LogP contribution in [0.2, 0.25) is 5.02 Å². The molecule has 1 amide bonds. The van der Waals surface area contributed by atoms with Crippen LogP contribution in [0.1, 0.15) is 43.5 Å². The number of carbonyl (C=O) groups excluding carboxylic acids is 1. The second-order valence-corrected chi connectivity index (χ2v) is 4.67. The van der Waals surface area contributed by atoms with Crippen molar-refractivity contribution in [3.8, 4) is 5.75 Å². The maximum absolute atomic E-state index is 12.0. The summed E-state index contributed by atoms with van der Waals surface area (Å²) in [5.41, 5.74) is 3.80. The fourth-order valence-corrected chi connectivity index (χ4v) is 1.72. The van der Waals surface area contributed by atoms with Gasteiger partial charge in [-0.05, 0) is 38.0 Å². The summed E-state index contributed by atoms with van der Waals surface area (Å²) in [6.45, 7) is 4.01. The molecule has 104 valence electrons. The van der Waals surface area contributed by atoms with E-state index in [1.54, 1.807) is 18.2 Å². The van der Waals surface area contributed by atoms with Crippen LogP contribution in [0, 0.1) is 0 Å². The van der Waals surface area contributed by atoms with E-state index in [1.165, 1.54) is 7.11 Å². The summed E-state index contributed by atoms with van der Waals surface area (Å²) >= 11 is 5.88. The fourth-order valence-electron chi connectivity index (χ4n) is 1.55. The second kappa shape index (κ2) is 7.79. The van der Waals surface area contributed by atoms with E-state index >= 15 is 0 Å². The zero-order valence-corrected chi connectivity index (χ0v) is 12.3. The monoisotopic (exact) mass is 282 g/mol. The molecule has 0 spiro atoms. The van der Waals surface area contributed by atoms with E-state index in [-0.39, 0.29) is 5.91 Å². The second-order valence-electron chi connectivity index (χ2n) is 4.24. The van der Waals surface area contributed by atoms with Crippen molar-refractivity contribution in [1.29, 1.82) is 0 Å². The average molecular weight is 283 g/mol. The number of nitrogens with one attached hydrogen (secondary N) is 1. The van der Waals surface area contributed by atoms with Crippen molar-refractivity contribution in [2.45, 2.75) is 33.1 Å². The molecular formula is C14H19ClN2O2. The van der Waals surface area contributed by atoms with Crippen LogP contribution in [0.5, 0.6) is 5.75 Å². The number of nitrogens with zero attached hydrogens (tertiary/aromatic N) is 1. The van der Waals surface area contributed by atoms with Crippen molar-refractivity contribution in [2.75, 3.05) is 7.11 Å². The highest BCUT2D eigenvalue weighted by molar-refractivity contribution is 6.31. The lowest BCUT2D eigenvalue weighted by molar-refractivity contribution is 0.0951. The van der Waals surface area contributed by atoms with Gasteiger partial charge in [-0.25, -0.2) is 5.43 Å². The lowest BCUT2D eigenvalue weighted by Gasteiger charge is -2.07. The van der Waals surface area contributed by atoms with Gasteiger partial charge in [-0.2, -0.15) is 5.10 Å². The van der Waals surface area contributed by atoms with Crippen molar-refractivity contribution in [2.24, 2.45) is 5.10 Å². The van der Waals surface area contributed by atoms with E-state index in [0.717, 1.165) is 25.0 Å². The van der Waals surface area contributed by atoms with Crippen LogP contribution < -0.4 is 10.2 Å². The van der Waals surface area contributed by atoms with Gasteiger partial charge >= 0.3 is 0 Å². The van der Waals surface area contributed by atoms with Gasteiger partial charge in [-0.3, -0.25) is 4.79 Å². The molecule has 1 aromatic rings.